The van der Waals surface area contributed by atoms with Crippen molar-refractivity contribution in [2.45, 2.75) is 16.6 Å². The van der Waals surface area contributed by atoms with Gasteiger partial charge in [-0.15, -0.1) is 0 Å². The molecule has 0 spiro atoms. The summed E-state index contributed by atoms with van der Waals surface area (Å²) in [5, 5.41) is 1.34. The van der Waals surface area contributed by atoms with Crippen molar-refractivity contribution in [3.8, 4) is 0 Å². The zero-order valence-corrected chi connectivity index (χ0v) is 8.42. The van der Waals surface area contributed by atoms with E-state index in [-0.39, 0.29) is 0 Å². The van der Waals surface area contributed by atoms with Gasteiger partial charge >= 0.3 is 67.2 Å². The summed E-state index contributed by atoms with van der Waals surface area (Å²) in [5.41, 5.74) is 6.28. The molecule has 10 heavy (non-hydrogen) atoms. The Balaban J connectivity index is 2.59. The van der Waals surface area contributed by atoms with Crippen molar-refractivity contribution < 1.29 is 0 Å². The minimum absolute atomic E-state index is 0.455. The molecule has 0 amide bonds. The third-order valence-electron chi connectivity index (χ3n) is 1.34. The third kappa shape index (κ3) is 2.58. The molecule has 54 valence electrons. The molecule has 0 heterocycles. The molecular weight excluding hydrogens is 183 g/mol. The van der Waals surface area contributed by atoms with Crippen LogP contribution in [0, 0.1) is 0 Å². The van der Waals surface area contributed by atoms with Gasteiger partial charge in [-0.25, -0.2) is 0 Å². The van der Waals surface area contributed by atoms with E-state index < -0.39 is 14.7 Å². The third-order valence-corrected chi connectivity index (χ3v) is 3.43. The van der Waals surface area contributed by atoms with E-state index in [4.69, 9.17) is 0 Å². The first-order chi connectivity index (χ1) is 4.79. The topological polar surface area (TPSA) is 0 Å². The molecule has 0 aromatic heterocycles. The quantitative estimate of drug-likeness (QED) is 0.637. The maximum atomic E-state index is 2.39. The Morgan fingerprint density at radius 3 is 2.20 bits per heavy atom. The van der Waals surface area contributed by atoms with Gasteiger partial charge in [0, 0.05) is 0 Å². The molecule has 1 heteroatoms. The first kappa shape index (κ1) is 7.88. The number of hydrogen-bond acceptors (Lipinski definition) is 0. The fraction of sp³-hybridized carbons (Fsp3) is 0.333. The number of benzene rings is 1. The van der Waals surface area contributed by atoms with Crippen LogP contribution in [-0.4, -0.2) is 14.7 Å². The van der Waals surface area contributed by atoms with Crippen molar-refractivity contribution in [1.29, 1.82) is 0 Å². The van der Waals surface area contributed by atoms with Gasteiger partial charge in [-0.1, -0.05) is 0 Å². The van der Waals surface area contributed by atoms with Crippen LogP contribution in [0.2, 0.25) is 11.4 Å². The van der Waals surface area contributed by atoms with Gasteiger partial charge in [0.15, 0.2) is 0 Å². The van der Waals surface area contributed by atoms with Crippen LogP contribution in [0.1, 0.15) is 5.56 Å². The average molecular weight is 196 g/mol. The Labute approximate surface area is 67.5 Å². The fourth-order valence-corrected chi connectivity index (χ4v) is 2.92. The van der Waals surface area contributed by atoms with Gasteiger partial charge < -0.3 is 0 Å². The molecule has 0 N–H and O–H groups in total. The zero-order chi connectivity index (χ0) is 7.40. The van der Waals surface area contributed by atoms with Gasteiger partial charge in [0.2, 0.25) is 0 Å². The normalized spacial score (nSPS) is 10.3. The van der Waals surface area contributed by atoms with Gasteiger partial charge in [-0.05, 0) is 0 Å². The maximum absolute atomic E-state index is 2.39. The SMILES string of the molecule is C[As](C)Cc1ccccc1. The first-order valence-corrected chi connectivity index (χ1v) is 8.55. The molecule has 0 atom stereocenters. The summed E-state index contributed by atoms with van der Waals surface area (Å²) in [7, 11) is 0. The second kappa shape index (κ2) is 3.83. The Morgan fingerprint density at radius 1 is 1.10 bits per heavy atom. The van der Waals surface area contributed by atoms with E-state index in [2.05, 4.69) is 41.8 Å². The van der Waals surface area contributed by atoms with Gasteiger partial charge in [-0.3, -0.25) is 0 Å². The second-order valence-corrected chi connectivity index (χ2v) is 7.92. The Morgan fingerprint density at radius 2 is 1.70 bits per heavy atom. The van der Waals surface area contributed by atoms with Crippen molar-refractivity contribution in [2.24, 2.45) is 0 Å². The number of rotatable bonds is 2. The van der Waals surface area contributed by atoms with E-state index >= 15 is 0 Å². The van der Waals surface area contributed by atoms with E-state index in [0.29, 0.717) is 0 Å². The second-order valence-electron chi connectivity index (χ2n) is 2.72. The average Bonchev–Trinajstić information content (AvgIpc) is 1.88. The van der Waals surface area contributed by atoms with Gasteiger partial charge in [0.1, 0.15) is 0 Å². The molecule has 0 unspecified atom stereocenters. The predicted molar refractivity (Wildman–Crippen MR) is 47.6 cm³/mol. The van der Waals surface area contributed by atoms with Crippen molar-refractivity contribution in [3.63, 3.8) is 0 Å². The monoisotopic (exact) mass is 196 g/mol. The summed E-state index contributed by atoms with van der Waals surface area (Å²) in [6, 6.07) is 10.7. The van der Waals surface area contributed by atoms with E-state index in [1.165, 1.54) is 10.8 Å². The Kier molecular flexibility index (Phi) is 3.02. The Hall–Kier alpha value is -0.222. The van der Waals surface area contributed by atoms with Crippen LogP contribution in [0.4, 0.5) is 0 Å². The van der Waals surface area contributed by atoms with Crippen LogP contribution in [-0.2, 0) is 5.21 Å². The molecule has 0 bridgehead atoms. The van der Waals surface area contributed by atoms with Gasteiger partial charge in [0.25, 0.3) is 0 Å². The fourth-order valence-electron chi connectivity index (χ4n) is 0.949. The van der Waals surface area contributed by atoms with Crippen LogP contribution in [0.3, 0.4) is 0 Å². The van der Waals surface area contributed by atoms with Crippen LogP contribution in [0.25, 0.3) is 0 Å². The summed E-state index contributed by atoms with van der Waals surface area (Å²) in [6.07, 6.45) is 0. The molecule has 0 aliphatic carbocycles. The molecule has 1 aromatic carbocycles. The van der Waals surface area contributed by atoms with Crippen molar-refractivity contribution in [2.75, 3.05) is 0 Å². The minimum atomic E-state index is -0.455. The Bertz CT molecular complexity index is 179. The zero-order valence-electron chi connectivity index (χ0n) is 6.54. The van der Waals surface area contributed by atoms with E-state index in [0.717, 1.165) is 0 Å². The van der Waals surface area contributed by atoms with Gasteiger partial charge in [-0.2, -0.15) is 0 Å². The van der Waals surface area contributed by atoms with Crippen molar-refractivity contribution in [3.05, 3.63) is 35.9 Å². The first-order valence-electron chi connectivity index (χ1n) is 3.47. The molecule has 0 aliphatic heterocycles. The van der Waals surface area contributed by atoms with Crippen LogP contribution >= 0.6 is 0 Å². The number of hydrogen-bond donors (Lipinski definition) is 0. The molecule has 0 saturated heterocycles. The molecule has 1 rings (SSSR count). The van der Waals surface area contributed by atoms with Crippen LogP contribution in [0.15, 0.2) is 30.3 Å². The summed E-state index contributed by atoms with van der Waals surface area (Å²) in [5.74, 6) is 0. The molecule has 1 aromatic rings. The summed E-state index contributed by atoms with van der Waals surface area (Å²) >= 11 is -0.455. The van der Waals surface area contributed by atoms with Crippen molar-refractivity contribution >= 4 is 14.7 Å². The molecule has 0 aliphatic rings. The van der Waals surface area contributed by atoms with Gasteiger partial charge in [0.05, 0.1) is 0 Å². The van der Waals surface area contributed by atoms with Crippen LogP contribution in [0.5, 0.6) is 0 Å². The molecule has 0 fully saturated rings. The van der Waals surface area contributed by atoms with E-state index in [1.54, 1.807) is 0 Å². The summed E-state index contributed by atoms with van der Waals surface area (Å²) < 4.78 is 0. The molecule has 0 nitrogen and oxygen atoms in total. The van der Waals surface area contributed by atoms with Crippen LogP contribution < -0.4 is 0 Å². The molecule has 0 saturated carbocycles. The predicted octanol–water partition coefficient (Wildman–Crippen LogP) is 2.52. The van der Waals surface area contributed by atoms with E-state index in [1.807, 2.05) is 0 Å². The van der Waals surface area contributed by atoms with Crippen molar-refractivity contribution in [1.82, 2.24) is 0 Å². The van der Waals surface area contributed by atoms with E-state index in [9.17, 15) is 0 Å². The molecular formula is C9H13As. The standard InChI is InChI=1S/C9H13As/c1-10(2)8-9-6-4-3-5-7-9/h3-7H,8H2,1-2H3. The summed E-state index contributed by atoms with van der Waals surface area (Å²) in [6.45, 7) is 0. The molecule has 0 radical (unpaired) electrons. The summed E-state index contributed by atoms with van der Waals surface area (Å²) in [4.78, 5) is 0.